The van der Waals surface area contributed by atoms with Gasteiger partial charge in [0.1, 0.15) is 0 Å². The van der Waals surface area contributed by atoms with Crippen molar-refractivity contribution in [3.8, 4) is 0 Å². The van der Waals surface area contributed by atoms with Gasteiger partial charge in [-0.2, -0.15) is 0 Å². The van der Waals surface area contributed by atoms with E-state index in [0.29, 0.717) is 0 Å². The van der Waals surface area contributed by atoms with Crippen molar-refractivity contribution in [2.24, 2.45) is 5.92 Å². The fourth-order valence-corrected chi connectivity index (χ4v) is 2.62. The van der Waals surface area contributed by atoms with Crippen LogP contribution in [0, 0.1) is 5.92 Å². The first-order valence-electron chi connectivity index (χ1n) is 7.29. The largest absolute Gasteiger partial charge is 0.315 e. The van der Waals surface area contributed by atoms with Crippen molar-refractivity contribution < 1.29 is 0 Å². The number of likely N-dealkylation sites (tertiary alicyclic amines) is 1. The Morgan fingerprint density at radius 3 is 2.75 bits per heavy atom. The minimum atomic E-state index is 0.991. The lowest BCUT2D eigenvalue weighted by Crippen LogP contribution is -2.31. The Kier molecular flexibility index (Phi) is 7.87. The normalized spacial score (nSPS) is 21.8. The van der Waals surface area contributed by atoms with Crippen LogP contribution in [-0.4, -0.2) is 37.6 Å². The summed E-state index contributed by atoms with van der Waals surface area (Å²) in [7, 11) is 0. The van der Waals surface area contributed by atoms with E-state index < -0.39 is 0 Å². The van der Waals surface area contributed by atoms with Gasteiger partial charge in [0.2, 0.25) is 0 Å². The maximum Gasteiger partial charge on any atom is 0.0107 e. The van der Waals surface area contributed by atoms with Crippen LogP contribution < -0.4 is 5.32 Å². The molecule has 1 rings (SSSR count). The number of hydrogen-bond donors (Lipinski definition) is 1. The van der Waals surface area contributed by atoms with E-state index in [4.69, 9.17) is 0 Å². The van der Waals surface area contributed by atoms with E-state index in [2.05, 4.69) is 24.1 Å². The minimum Gasteiger partial charge on any atom is -0.315 e. The molecule has 0 radical (unpaired) electrons. The number of rotatable bonds is 9. The maximum atomic E-state index is 3.55. The zero-order valence-electron chi connectivity index (χ0n) is 11.3. The van der Waals surface area contributed by atoms with Crippen LogP contribution in [0.2, 0.25) is 0 Å². The first kappa shape index (κ1) is 14.0. The number of unbranched alkanes of at least 4 members (excludes halogenated alkanes) is 2. The molecule has 1 unspecified atom stereocenters. The van der Waals surface area contributed by atoms with Gasteiger partial charge in [-0.15, -0.1) is 0 Å². The summed E-state index contributed by atoms with van der Waals surface area (Å²) in [6.07, 6.45) is 8.26. The number of hydrogen-bond acceptors (Lipinski definition) is 2. The van der Waals surface area contributed by atoms with E-state index in [9.17, 15) is 0 Å². The molecule has 0 aromatic rings. The number of nitrogens with zero attached hydrogens (tertiary/aromatic N) is 1. The second kappa shape index (κ2) is 9.00. The lowest BCUT2D eigenvalue weighted by atomic mass is 10.0. The molecule has 0 aromatic heterocycles. The molecule has 1 atom stereocenters. The van der Waals surface area contributed by atoms with Crippen LogP contribution in [0.15, 0.2) is 0 Å². The van der Waals surface area contributed by atoms with Gasteiger partial charge in [0.15, 0.2) is 0 Å². The van der Waals surface area contributed by atoms with Crippen LogP contribution in [-0.2, 0) is 0 Å². The molecule has 0 spiro atoms. The molecule has 2 heteroatoms. The molecule has 1 fully saturated rings. The Morgan fingerprint density at radius 2 is 2.00 bits per heavy atom. The average Bonchev–Trinajstić information content (AvgIpc) is 2.72. The van der Waals surface area contributed by atoms with Gasteiger partial charge in [0.25, 0.3) is 0 Å². The molecule has 0 aromatic carbocycles. The summed E-state index contributed by atoms with van der Waals surface area (Å²) in [4.78, 5) is 2.63. The van der Waals surface area contributed by atoms with Gasteiger partial charge in [-0.25, -0.2) is 0 Å². The Labute approximate surface area is 102 Å². The van der Waals surface area contributed by atoms with Gasteiger partial charge >= 0.3 is 0 Å². The SMILES string of the molecule is CCCCCNCCN1CCC(CCC)C1. The summed E-state index contributed by atoms with van der Waals surface area (Å²) in [5, 5.41) is 3.55. The summed E-state index contributed by atoms with van der Waals surface area (Å²) in [5.74, 6) is 0.991. The summed E-state index contributed by atoms with van der Waals surface area (Å²) in [6.45, 7) is 10.9. The molecular formula is C14H30N2. The molecule has 1 aliphatic heterocycles. The molecule has 1 N–H and O–H groups in total. The van der Waals surface area contributed by atoms with E-state index in [-0.39, 0.29) is 0 Å². The summed E-state index contributed by atoms with van der Waals surface area (Å²) < 4.78 is 0. The van der Waals surface area contributed by atoms with Gasteiger partial charge in [0, 0.05) is 19.6 Å². The lowest BCUT2D eigenvalue weighted by molar-refractivity contribution is 0.318. The fraction of sp³-hybridized carbons (Fsp3) is 1.00. The van der Waals surface area contributed by atoms with E-state index in [1.807, 2.05) is 0 Å². The zero-order chi connectivity index (χ0) is 11.6. The molecule has 2 nitrogen and oxygen atoms in total. The maximum absolute atomic E-state index is 3.55. The molecule has 0 amide bonds. The van der Waals surface area contributed by atoms with Crippen molar-refractivity contribution >= 4 is 0 Å². The van der Waals surface area contributed by atoms with Crippen molar-refractivity contribution in [2.75, 3.05) is 32.7 Å². The molecule has 0 bridgehead atoms. The fourth-order valence-electron chi connectivity index (χ4n) is 2.62. The average molecular weight is 226 g/mol. The highest BCUT2D eigenvalue weighted by molar-refractivity contribution is 4.75. The predicted molar refractivity (Wildman–Crippen MR) is 71.8 cm³/mol. The van der Waals surface area contributed by atoms with E-state index in [1.165, 1.54) is 71.2 Å². The van der Waals surface area contributed by atoms with Gasteiger partial charge in [-0.1, -0.05) is 33.1 Å². The third-order valence-corrected chi connectivity index (χ3v) is 3.63. The van der Waals surface area contributed by atoms with Crippen LogP contribution in [0.1, 0.15) is 52.4 Å². The van der Waals surface area contributed by atoms with E-state index >= 15 is 0 Å². The minimum absolute atomic E-state index is 0.991. The van der Waals surface area contributed by atoms with Crippen molar-refractivity contribution in [1.82, 2.24) is 10.2 Å². The van der Waals surface area contributed by atoms with E-state index in [1.54, 1.807) is 0 Å². The summed E-state index contributed by atoms with van der Waals surface area (Å²) >= 11 is 0. The van der Waals surface area contributed by atoms with Crippen LogP contribution >= 0.6 is 0 Å². The second-order valence-electron chi connectivity index (χ2n) is 5.20. The van der Waals surface area contributed by atoms with Gasteiger partial charge < -0.3 is 10.2 Å². The number of nitrogens with one attached hydrogen (secondary N) is 1. The first-order chi connectivity index (χ1) is 7.86. The van der Waals surface area contributed by atoms with Crippen molar-refractivity contribution in [3.05, 3.63) is 0 Å². The van der Waals surface area contributed by atoms with Crippen molar-refractivity contribution in [1.29, 1.82) is 0 Å². The smallest absolute Gasteiger partial charge is 0.0107 e. The Hall–Kier alpha value is -0.0800. The molecular weight excluding hydrogens is 196 g/mol. The second-order valence-corrected chi connectivity index (χ2v) is 5.20. The molecule has 96 valence electrons. The van der Waals surface area contributed by atoms with Crippen molar-refractivity contribution in [2.45, 2.75) is 52.4 Å². The molecule has 1 saturated heterocycles. The Morgan fingerprint density at radius 1 is 1.12 bits per heavy atom. The van der Waals surface area contributed by atoms with Gasteiger partial charge in [0.05, 0.1) is 0 Å². The van der Waals surface area contributed by atoms with Gasteiger partial charge in [-0.05, 0) is 38.3 Å². The van der Waals surface area contributed by atoms with Crippen LogP contribution in [0.25, 0.3) is 0 Å². The topological polar surface area (TPSA) is 15.3 Å². The standard InChI is InChI=1S/C14H30N2/c1-3-5-6-9-15-10-12-16-11-8-14(13-16)7-4-2/h14-15H,3-13H2,1-2H3. The lowest BCUT2D eigenvalue weighted by Gasteiger charge is -2.16. The monoisotopic (exact) mass is 226 g/mol. The molecule has 16 heavy (non-hydrogen) atoms. The van der Waals surface area contributed by atoms with E-state index in [0.717, 1.165) is 5.92 Å². The Balaban J connectivity index is 1.90. The first-order valence-corrected chi connectivity index (χ1v) is 7.29. The Bertz CT molecular complexity index is 159. The van der Waals surface area contributed by atoms with Crippen LogP contribution in [0.3, 0.4) is 0 Å². The molecule has 0 aliphatic carbocycles. The predicted octanol–water partition coefficient (Wildman–Crippen LogP) is 2.89. The van der Waals surface area contributed by atoms with Crippen LogP contribution in [0.4, 0.5) is 0 Å². The quantitative estimate of drug-likeness (QED) is 0.608. The van der Waals surface area contributed by atoms with Crippen molar-refractivity contribution in [3.63, 3.8) is 0 Å². The highest BCUT2D eigenvalue weighted by Gasteiger charge is 2.20. The summed E-state index contributed by atoms with van der Waals surface area (Å²) in [6, 6.07) is 0. The molecule has 1 aliphatic rings. The van der Waals surface area contributed by atoms with Gasteiger partial charge in [-0.3, -0.25) is 0 Å². The highest BCUT2D eigenvalue weighted by Crippen LogP contribution is 2.19. The zero-order valence-corrected chi connectivity index (χ0v) is 11.3. The highest BCUT2D eigenvalue weighted by atomic mass is 15.2. The van der Waals surface area contributed by atoms with Crippen LogP contribution in [0.5, 0.6) is 0 Å². The molecule has 0 saturated carbocycles. The summed E-state index contributed by atoms with van der Waals surface area (Å²) in [5.41, 5.74) is 0. The third kappa shape index (κ3) is 5.86. The third-order valence-electron chi connectivity index (χ3n) is 3.63. The molecule has 1 heterocycles.